The van der Waals surface area contributed by atoms with E-state index in [4.69, 9.17) is 9.05 Å². The minimum Gasteiger partial charge on any atom is -0.391 e. The Bertz CT molecular complexity index is 1320. The molecule has 9 heteroatoms. The predicted molar refractivity (Wildman–Crippen MR) is 328 cm³/mol. The van der Waals surface area contributed by atoms with Crippen LogP contribution in [0.4, 0.5) is 0 Å². The zero-order valence-corrected chi connectivity index (χ0v) is 51.7. The molecule has 0 aliphatic rings. The van der Waals surface area contributed by atoms with E-state index in [1.54, 1.807) is 0 Å². The second kappa shape index (κ2) is 57.4. The van der Waals surface area contributed by atoms with Crippen LogP contribution < -0.4 is 5.32 Å². The van der Waals surface area contributed by atoms with Crippen molar-refractivity contribution in [2.45, 2.75) is 341 Å². The van der Waals surface area contributed by atoms with Gasteiger partial charge >= 0.3 is 7.82 Å². The Morgan fingerprint density at radius 2 is 0.760 bits per heavy atom. The van der Waals surface area contributed by atoms with Gasteiger partial charge in [-0.15, -0.1) is 0 Å². The van der Waals surface area contributed by atoms with Gasteiger partial charge in [-0.2, -0.15) is 0 Å². The van der Waals surface area contributed by atoms with E-state index in [1.165, 1.54) is 250 Å². The summed E-state index contributed by atoms with van der Waals surface area (Å²) >= 11 is 0. The van der Waals surface area contributed by atoms with Crippen LogP contribution in [0.5, 0.6) is 0 Å². The number of phosphoric ester groups is 1. The van der Waals surface area contributed by atoms with Gasteiger partial charge in [0, 0.05) is 6.42 Å². The largest absolute Gasteiger partial charge is 0.472 e. The summed E-state index contributed by atoms with van der Waals surface area (Å²) in [5.41, 5.74) is 0. The van der Waals surface area contributed by atoms with Crippen LogP contribution in [-0.2, 0) is 18.4 Å². The van der Waals surface area contributed by atoms with Gasteiger partial charge < -0.3 is 19.8 Å². The molecule has 75 heavy (non-hydrogen) atoms. The zero-order valence-electron chi connectivity index (χ0n) is 50.8. The van der Waals surface area contributed by atoms with Crippen LogP contribution in [0.2, 0.25) is 0 Å². The number of hydrogen-bond acceptors (Lipinski definition) is 5. The normalized spacial score (nSPS) is 14.0. The van der Waals surface area contributed by atoms with E-state index in [0.717, 1.165) is 51.4 Å². The highest BCUT2D eigenvalue weighted by molar-refractivity contribution is 7.47. The lowest BCUT2D eigenvalue weighted by Gasteiger charge is -2.26. The van der Waals surface area contributed by atoms with Crippen LogP contribution in [0, 0.1) is 0 Å². The molecule has 444 valence electrons. The summed E-state index contributed by atoms with van der Waals surface area (Å²) in [7, 11) is 1.63. The van der Waals surface area contributed by atoms with Gasteiger partial charge in [0.25, 0.3) is 0 Å². The number of allylic oxidation sites excluding steroid dienone is 6. The maximum atomic E-state index is 13.0. The van der Waals surface area contributed by atoms with Crippen molar-refractivity contribution in [2.24, 2.45) is 0 Å². The summed E-state index contributed by atoms with van der Waals surface area (Å²) in [6, 6.07) is -0.758. The number of carbonyl (C=O) groups excluding carboxylic acids is 1. The number of amides is 1. The number of quaternary nitrogens is 1. The van der Waals surface area contributed by atoms with Crippen molar-refractivity contribution in [3.8, 4) is 0 Å². The number of phosphoric acid groups is 1. The SMILES string of the molecule is CCCCCCC/C=C\C/C=C\C/C=C\CCCCCCCCCCCCCCCCCCCCCCCCC(=O)NC(COP(=O)(O)OCC[N+](C)(C)C)C(O)CCCCCCCCCCCCCCCCCC. The molecular weight excluding hydrogens is 948 g/mol. The Labute approximate surface area is 467 Å². The quantitative estimate of drug-likeness (QED) is 0.0243. The molecule has 0 aromatic rings. The predicted octanol–water partition coefficient (Wildman–Crippen LogP) is 20.5. The van der Waals surface area contributed by atoms with Crippen LogP contribution in [-0.4, -0.2) is 73.4 Å². The van der Waals surface area contributed by atoms with Gasteiger partial charge in [-0.05, 0) is 51.4 Å². The molecule has 0 aromatic heterocycles. The maximum Gasteiger partial charge on any atom is 0.472 e. The minimum absolute atomic E-state index is 0.0769. The summed E-state index contributed by atoms with van der Waals surface area (Å²) in [6.07, 6.45) is 75.2. The van der Waals surface area contributed by atoms with E-state index >= 15 is 0 Å². The molecule has 0 rings (SSSR count). The Hall–Kier alpha value is -1.28. The van der Waals surface area contributed by atoms with E-state index in [0.29, 0.717) is 23.9 Å². The maximum absolute atomic E-state index is 13.0. The number of rotatable bonds is 61. The molecule has 0 radical (unpaired) electrons. The first-order valence-corrected chi connectivity index (χ1v) is 34.3. The average Bonchev–Trinajstić information content (AvgIpc) is 3.37. The summed E-state index contributed by atoms with van der Waals surface area (Å²) in [5.74, 6) is -0.138. The number of hydrogen-bond donors (Lipinski definition) is 3. The molecular formula is C66H130N2O6P+. The van der Waals surface area contributed by atoms with Crippen molar-refractivity contribution in [3.63, 3.8) is 0 Å². The molecule has 0 heterocycles. The summed E-state index contributed by atoms with van der Waals surface area (Å²) in [4.78, 5) is 23.4. The average molecular weight is 1080 g/mol. The van der Waals surface area contributed by atoms with Gasteiger partial charge in [0.1, 0.15) is 13.2 Å². The fraction of sp³-hybridized carbons (Fsp3) is 0.894. The molecule has 0 saturated carbocycles. The third-order valence-electron chi connectivity index (χ3n) is 15.1. The molecule has 0 aromatic carbocycles. The fourth-order valence-electron chi connectivity index (χ4n) is 10.00. The third kappa shape index (κ3) is 60.2. The molecule has 3 atom stereocenters. The molecule has 0 saturated heterocycles. The summed E-state index contributed by atoms with van der Waals surface area (Å²) in [6.45, 7) is 4.92. The minimum atomic E-state index is -4.32. The van der Waals surface area contributed by atoms with Gasteiger partial charge in [0.2, 0.25) is 5.91 Å². The Morgan fingerprint density at radius 3 is 1.11 bits per heavy atom. The number of carbonyl (C=O) groups is 1. The van der Waals surface area contributed by atoms with Gasteiger partial charge in [-0.3, -0.25) is 13.8 Å². The molecule has 0 aliphatic carbocycles. The first-order chi connectivity index (χ1) is 36.5. The van der Waals surface area contributed by atoms with Crippen LogP contribution in [0.15, 0.2) is 36.5 Å². The van der Waals surface area contributed by atoms with Crippen molar-refractivity contribution < 1.29 is 32.9 Å². The number of nitrogens with one attached hydrogen (secondary N) is 1. The Morgan fingerprint density at radius 1 is 0.453 bits per heavy atom. The number of aliphatic hydroxyl groups excluding tert-OH is 1. The van der Waals surface area contributed by atoms with Crippen LogP contribution >= 0.6 is 7.82 Å². The molecule has 0 aliphatic heterocycles. The first-order valence-electron chi connectivity index (χ1n) is 32.9. The van der Waals surface area contributed by atoms with Gasteiger partial charge in [-0.1, -0.05) is 307 Å². The van der Waals surface area contributed by atoms with Crippen LogP contribution in [0.25, 0.3) is 0 Å². The second-order valence-corrected chi connectivity index (χ2v) is 25.3. The molecule has 3 N–H and O–H groups in total. The standard InChI is InChI=1S/C66H129N2O6P/c1-6-8-10-12-14-16-18-20-22-24-25-26-27-28-29-30-31-32-33-34-35-36-37-38-39-40-41-42-43-44-46-48-50-52-54-56-58-60-66(70)67-64(63-74-75(71,72)73-62-61-68(3,4)5)65(69)59-57-55-53-51-49-47-45-23-21-19-17-15-13-11-9-7-2/h18,20,24-25,27-28,64-65,69H,6-17,19,21-23,26,29-63H2,1-5H3,(H-,67,70,71,72)/p+1/b20-18-,25-24-,28-27-. The van der Waals surface area contributed by atoms with Crippen molar-refractivity contribution in [3.05, 3.63) is 36.5 Å². The lowest BCUT2D eigenvalue weighted by molar-refractivity contribution is -0.870. The number of aliphatic hydroxyl groups is 1. The van der Waals surface area contributed by atoms with Crippen molar-refractivity contribution in [1.82, 2.24) is 5.32 Å². The van der Waals surface area contributed by atoms with Gasteiger partial charge in [0.15, 0.2) is 0 Å². The Balaban J connectivity index is 3.92. The third-order valence-corrected chi connectivity index (χ3v) is 16.1. The van der Waals surface area contributed by atoms with E-state index < -0.39 is 20.0 Å². The van der Waals surface area contributed by atoms with Crippen molar-refractivity contribution >= 4 is 13.7 Å². The van der Waals surface area contributed by atoms with Gasteiger partial charge in [-0.25, -0.2) is 4.57 Å². The van der Waals surface area contributed by atoms with E-state index in [1.807, 2.05) is 21.1 Å². The summed E-state index contributed by atoms with van der Waals surface area (Å²) < 4.78 is 23.8. The smallest absolute Gasteiger partial charge is 0.391 e. The summed E-state index contributed by atoms with van der Waals surface area (Å²) in [5, 5.41) is 14.1. The molecule has 1 amide bonds. The van der Waals surface area contributed by atoms with Crippen molar-refractivity contribution in [1.29, 1.82) is 0 Å². The Kier molecular flexibility index (Phi) is 56.4. The van der Waals surface area contributed by atoms with Crippen LogP contribution in [0.3, 0.4) is 0 Å². The number of unbranched alkanes of at least 4 members (excludes halogenated alkanes) is 42. The second-order valence-electron chi connectivity index (χ2n) is 23.9. The van der Waals surface area contributed by atoms with E-state index in [2.05, 4.69) is 55.6 Å². The molecule has 8 nitrogen and oxygen atoms in total. The lowest BCUT2D eigenvalue weighted by Crippen LogP contribution is -2.46. The first kappa shape index (κ1) is 73.7. The highest BCUT2D eigenvalue weighted by atomic mass is 31.2. The topological polar surface area (TPSA) is 105 Å². The molecule has 0 spiro atoms. The van der Waals surface area contributed by atoms with E-state index in [-0.39, 0.29) is 19.1 Å². The van der Waals surface area contributed by atoms with Crippen LogP contribution in [0.1, 0.15) is 328 Å². The van der Waals surface area contributed by atoms with Gasteiger partial charge in [0.05, 0.1) is 39.9 Å². The number of nitrogens with zero attached hydrogens (tertiary/aromatic N) is 1. The zero-order chi connectivity index (χ0) is 54.9. The number of likely N-dealkylation sites (N-methyl/N-ethyl adjacent to an activating group) is 1. The molecule has 0 bridgehead atoms. The molecule has 0 fully saturated rings. The molecule has 3 unspecified atom stereocenters. The highest BCUT2D eigenvalue weighted by Gasteiger charge is 2.28. The fourth-order valence-corrected chi connectivity index (χ4v) is 10.7. The van der Waals surface area contributed by atoms with Crippen molar-refractivity contribution in [2.75, 3.05) is 40.9 Å². The lowest BCUT2D eigenvalue weighted by atomic mass is 10.0. The van der Waals surface area contributed by atoms with E-state index in [9.17, 15) is 19.4 Å². The monoisotopic (exact) mass is 1080 g/mol. The highest BCUT2D eigenvalue weighted by Crippen LogP contribution is 2.43.